The van der Waals surface area contributed by atoms with Crippen LogP contribution in [-0.4, -0.2) is 42.9 Å². The zero-order valence-corrected chi connectivity index (χ0v) is 24.3. The van der Waals surface area contributed by atoms with Crippen LogP contribution in [0.4, 0.5) is 5.69 Å². The first-order valence-electron chi connectivity index (χ1n) is 13.5. The second kappa shape index (κ2) is 12.4. The molecule has 0 bridgehead atoms. The highest BCUT2D eigenvalue weighted by Crippen LogP contribution is 2.29. The molecule has 5 rings (SSSR count). The molecule has 2 aromatic heterocycles. The van der Waals surface area contributed by atoms with Crippen LogP contribution in [0.5, 0.6) is 0 Å². The van der Waals surface area contributed by atoms with Crippen molar-refractivity contribution in [3.05, 3.63) is 124 Å². The van der Waals surface area contributed by atoms with E-state index in [0.29, 0.717) is 34.8 Å². The van der Waals surface area contributed by atoms with Gasteiger partial charge in [-0.15, -0.1) is 5.10 Å². The summed E-state index contributed by atoms with van der Waals surface area (Å²) in [7, 11) is 0. The van der Waals surface area contributed by atoms with Crippen molar-refractivity contribution < 1.29 is 9.53 Å². The highest BCUT2D eigenvalue weighted by Gasteiger charge is 2.19. The third-order valence-electron chi connectivity index (χ3n) is 6.58. The summed E-state index contributed by atoms with van der Waals surface area (Å²) in [5.41, 5.74) is 3.84. The minimum Gasteiger partial charge on any atom is -0.456 e. The molecule has 42 heavy (non-hydrogen) atoms. The summed E-state index contributed by atoms with van der Waals surface area (Å²) in [6.07, 6.45) is 3.94. The molecule has 5 aromatic rings. The number of esters is 1. The van der Waals surface area contributed by atoms with Crippen molar-refractivity contribution in [3.8, 4) is 16.8 Å². The van der Waals surface area contributed by atoms with E-state index in [1.165, 1.54) is 11.0 Å². The minimum atomic E-state index is -0.566. The molecule has 0 amide bonds. The van der Waals surface area contributed by atoms with Gasteiger partial charge in [0.2, 0.25) is 0 Å². The quantitative estimate of drug-likeness (QED) is 0.213. The Hall–Kier alpha value is -4.76. The maximum atomic E-state index is 13.6. The predicted octanol–water partition coefficient (Wildman–Crippen LogP) is 6.00. The van der Waals surface area contributed by atoms with Crippen molar-refractivity contribution in [3.63, 3.8) is 0 Å². The Labute approximate surface area is 248 Å². The molecule has 1 N–H and O–H groups in total. The van der Waals surface area contributed by atoms with Crippen LogP contribution in [0.1, 0.15) is 42.7 Å². The Morgan fingerprint density at radius 1 is 1.00 bits per heavy atom. The van der Waals surface area contributed by atoms with E-state index in [9.17, 15) is 9.59 Å². The molecule has 1 unspecified atom stereocenters. The summed E-state index contributed by atoms with van der Waals surface area (Å²) in [5, 5.41) is 15.4. The molecule has 0 saturated heterocycles. The zero-order chi connectivity index (χ0) is 29.7. The van der Waals surface area contributed by atoms with Gasteiger partial charge in [-0.1, -0.05) is 41.9 Å². The van der Waals surface area contributed by atoms with E-state index >= 15 is 0 Å². The molecule has 214 valence electrons. The first-order chi connectivity index (χ1) is 20.2. The normalized spacial score (nSPS) is 12.1. The van der Waals surface area contributed by atoms with Crippen molar-refractivity contribution in [1.82, 2.24) is 24.8 Å². The van der Waals surface area contributed by atoms with Crippen LogP contribution in [0.3, 0.4) is 0 Å². The molecule has 0 fully saturated rings. The number of anilines is 1. The predicted molar refractivity (Wildman–Crippen MR) is 163 cm³/mol. The molecule has 9 nitrogen and oxygen atoms in total. The van der Waals surface area contributed by atoms with Gasteiger partial charge in [-0.05, 0) is 97.3 Å². The fraction of sp³-hybridized carbons (Fsp3) is 0.219. The minimum absolute atomic E-state index is 0.154. The maximum absolute atomic E-state index is 13.6. The van der Waals surface area contributed by atoms with Gasteiger partial charge in [0.25, 0.3) is 5.56 Å². The Morgan fingerprint density at radius 2 is 1.76 bits per heavy atom. The second-order valence-electron chi connectivity index (χ2n) is 10.9. The van der Waals surface area contributed by atoms with Crippen molar-refractivity contribution in [2.24, 2.45) is 0 Å². The maximum Gasteiger partial charge on any atom is 0.338 e. The summed E-state index contributed by atoms with van der Waals surface area (Å²) < 4.78 is 8.73. The van der Waals surface area contributed by atoms with Gasteiger partial charge in [0.1, 0.15) is 11.9 Å². The molecular formula is C32H31ClN6O3. The standard InChI is InChI=1S/C32H31ClN6O3/c1-32(2,3)42-31(41)23-9-12-26(13-10-23)34-20-27(17-22-7-5-4-6-8-22)38-16-15-24(18-30(38)40)28-19-25(33)11-14-29(28)39-21-35-36-37-39/h4-16,18-19,21,27,34H,17,20H2,1-3H3. The van der Waals surface area contributed by atoms with Gasteiger partial charge < -0.3 is 14.6 Å². The Balaban J connectivity index is 1.40. The number of nitrogens with zero attached hydrogens (tertiary/aromatic N) is 5. The average Bonchev–Trinajstić information content (AvgIpc) is 3.50. The van der Waals surface area contributed by atoms with Crippen molar-refractivity contribution >= 4 is 23.3 Å². The van der Waals surface area contributed by atoms with Gasteiger partial charge in [-0.25, -0.2) is 4.79 Å². The van der Waals surface area contributed by atoms with Crippen molar-refractivity contribution in [1.29, 1.82) is 0 Å². The summed E-state index contributed by atoms with van der Waals surface area (Å²) in [4.78, 5) is 26.0. The lowest BCUT2D eigenvalue weighted by Crippen LogP contribution is -2.30. The number of nitrogens with one attached hydrogen (secondary N) is 1. The lowest BCUT2D eigenvalue weighted by molar-refractivity contribution is 0.00695. The molecule has 0 saturated carbocycles. The van der Waals surface area contributed by atoms with E-state index in [1.54, 1.807) is 34.9 Å². The molecular weight excluding hydrogens is 552 g/mol. The molecule has 0 aliphatic rings. The van der Waals surface area contributed by atoms with E-state index in [0.717, 1.165) is 16.8 Å². The van der Waals surface area contributed by atoms with Gasteiger partial charge >= 0.3 is 5.97 Å². The number of hydrogen-bond acceptors (Lipinski definition) is 7. The van der Waals surface area contributed by atoms with Crippen LogP contribution in [0.25, 0.3) is 16.8 Å². The average molecular weight is 583 g/mol. The summed E-state index contributed by atoms with van der Waals surface area (Å²) in [6.45, 7) is 5.99. The SMILES string of the molecule is CC(C)(C)OC(=O)c1ccc(NCC(Cc2ccccc2)n2ccc(-c3cc(Cl)ccc3-n3cnnn3)cc2=O)cc1. The number of benzene rings is 3. The molecule has 2 heterocycles. The summed E-state index contributed by atoms with van der Waals surface area (Å²) in [6, 6.07) is 25.8. The van der Waals surface area contributed by atoms with E-state index < -0.39 is 5.60 Å². The number of ether oxygens (including phenoxy) is 1. The van der Waals surface area contributed by atoms with Gasteiger partial charge in [-0.2, -0.15) is 4.68 Å². The van der Waals surface area contributed by atoms with Crippen molar-refractivity contribution in [2.45, 2.75) is 38.8 Å². The van der Waals surface area contributed by atoms with Crippen LogP contribution in [0.2, 0.25) is 5.02 Å². The van der Waals surface area contributed by atoms with Gasteiger partial charge in [0, 0.05) is 35.1 Å². The number of carbonyl (C=O) groups excluding carboxylic acids is 1. The van der Waals surface area contributed by atoms with Crippen LogP contribution >= 0.6 is 11.6 Å². The largest absolute Gasteiger partial charge is 0.456 e. The molecule has 0 aliphatic heterocycles. The lowest BCUT2D eigenvalue weighted by Gasteiger charge is -2.22. The third-order valence-corrected chi connectivity index (χ3v) is 6.82. The molecule has 0 spiro atoms. The zero-order valence-electron chi connectivity index (χ0n) is 23.6. The highest BCUT2D eigenvalue weighted by atomic mass is 35.5. The van der Waals surface area contributed by atoms with Crippen LogP contribution in [0, 0.1) is 0 Å². The fourth-order valence-corrected chi connectivity index (χ4v) is 4.79. The summed E-state index contributed by atoms with van der Waals surface area (Å²) >= 11 is 6.32. The van der Waals surface area contributed by atoms with E-state index in [1.807, 2.05) is 81.6 Å². The first-order valence-corrected chi connectivity index (χ1v) is 13.9. The highest BCUT2D eigenvalue weighted by molar-refractivity contribution is 6.31. The number of rotatable bonds is 9. The van der Waals surface area contributed by atoms with Gasteiger partial charge in [0.15, 0.2) is 0 Å². The number of aromatic nitrogens is 5. The molecule has 10 heteroatoms. The molecule has 3 aromatic carbocycles. The smallest absolute Gasteiger partial charge is 0.338 e. The number of carbonyl (C=O) groups is 1. The third kappa shape index (κ3) is 7.11. The number of halogens is 1. The Bertz CT molecular complexity index is 1710. The Kier molecular flexibility index (Phi) is 8.49. The number of tetrazole rings is 1. The van der Waals surface area contributed by atoms with Crippen LogP contribution in [-0.2, 0) is 11.2 Å². The van der Waals surface area contributed by atoms with E-state index in [-0.39, 0.29) is 17.6 Å². The summed E-state index contributed by atoms with van der Waals surface area (Å²) in [5.74, 6) is -0.370. The number of hydrogen-bond donors (Lipinski definition) is 1. The monoisotopic (exact) mass is 582 g/mol. The topological polar surface area (TPSA) is 104 Å². The first kappa shape index (κ1) is 28.8. The molecule has 0 radical (unpaired) electrons. The molecule has 0 aliphatic carbocycles. The van der Waals surface area contributed by atoms with Crippen LogP contribution < -0.4 is 10.9 Å². The second-order valence-corrected chi connectivity index (χ2v) is 11.3. The van der Waals surface area contributed by atoms with E-state index in [4.69, 9.17) is 16.3 Å². The number of pyridine rings is 1. The van der Waals surface area contributed by atoms with Crippen molar-refractivity contribution in [2.75, 3.05) is 11.9 Å². The fourth-order valence-electron chi connectivity index (χ4n) is 4.62. The van der Waals surface area contributed by atoms with Crippen LogP contribution in [0.15, 0.2) is 102 Å². The van der Waals surface area contributed by atoms with E-state index in [2.05, 4.69) is 20.8 Å². The lowest BCUT2D eigenvalue weighted by atomic mass is 10.0. The van der Waals surface area contributed by atoms with Gasteiger partial charge in [0.05, 0.1) is 17.3 Å². The Morgan fingerprint density at radius 3 is 2.43 bits per heavy atom. The van der Waals surface area contributed by atoms with Gasteiger partial charge in [-0.3, -0.25) is 4.79 Å². The molecule has 1 atom stereocenters.